The van der Waals surface area contributed by atoms with Gasteiger partial charge < -0.3 is 15.1 Å². The van der Waals surface area contributed by atoms with Crippen LogP contribution in [0.15, 0.2) is 30.3 Å². The maximum absolute atomic E-state index is 14.1. The lowest BCUT2D eigenvalue weighted by Gasteiger charge is -2.45. The molecule has 1 atom stereocenters. The van der Waals surface area contributed by atoms with Crippen LogP contribution in [0.2, 0.25) is 0 Å². The molecular formula is C26H34FN5O2. The zero-order chi connectivity index (χ0) is 24.5. The van der Waals surface area contributed by atoms with E-state index in [4.69, 9.17) is 4.98 Å². The van der Waals surface area contributed by atoms with Crippen LogP contribution in [-0.4, -0.2) is 64.8 Å². The van der Waals surface area contributed by atoms with Crippen LogP contribution in [0.25, 0.3) is 0 Å². The number of carbonyl (C=O) groups excluding carboxylic acids is 2. The summed E-state index contributed by atoms with van der Waals surface area (Å²) in [5, 5.41) is 3.10. The number of nitrogens with one attached hydrogen (secondary N) is 1. The minimum Gasteiger partial charge on any atom is -0.373 e. The molecule has 0 saturated carbocycles. The zero-order valence-electron chi connectivity index (χ0n) is 20.5. The smallest absolute Gasteiger partial charge is 0.256 e. The molecule has 1 aromatic carbocycles. The van der Waals surface area contributed by atoms with Crippen LogP contribution in [0.4, 0.5) is 10.2 Å². The number of hydrogen-bond acceptors (Lipinski definition) is 5. The number of aromatic nitrogens is 2. The highest BCUT2D eigenvalue weighted by Crippen LogP contribution is 2.38. The number of hydrogen-bond donors (Lipinski definition) is 1. The summed E-state index contributed by atoms with van der Waals surface area (Å²) in [4.78, 5) is 39.3. The number of amides is 2. The lowest BCUT2D eigenvalue weighted by molar-refractivity contribution is -0.146. The Morgan fingerprint density at radius 2 is 1.74 bits per heavy atom. The normalized spacial score (nSPS) is 22.4. The highest BCUT2D eigenvalue weighted by Gasteiger charge is 2.44. The first-order valence-electron chi connectivity index (χ1n) is 12.0. The average molecular weight is 468 g/mol. The van der Waals surface area contributed by atoms with E-state index in [0.29, 0.717) is 38.3 Å². The Bertz CT molecular complexity index is 1080. The molecule has 182 valence electrons. The van der Waals surface area contributed by atoms with E-state index in [1.807, 2.05) is 31.9 Å². The minimum atomic E-state index is -0.540. The van der Waals surface area contributed by atoms with E-state index in [0.717, 1.165) is 30.9 Å². The van der Waals surface area contributed by atoms with Gasteiger partial charge in [0.2, 0.25) is 5.91 Å². The first-order chi connectivity index (χ1) is 16.1. The molecule has 4 rings (SSSR count). The molecule has 2 amide bonds. The topological polar surface area (TPSA) is 78.4 Å². The molecule has 2 saturated heterocycles. The standard InChI is InChI=1S/C26H34FN5O2/c1-18-29-21(16-22(28-4)30-18)26(3)10-7-13-32(17-26)24(34)25(2)11-14-31(15-12-25)23(33)19-8-5-6-9-20(19)27/h5-6,8-9,16H,7,10-15,17H2,1-4H3,(H,28,29,30). The highest BCUT2D eigenvalue weighted by atomic mass is 19.1. The number of nitrogens with zero attached hydrogens (tertiary/aromatic N) is 4. The van der Waals surface area contributed by atoms with Crippen molar-refractivity contribution in [2.75, 3.05) is 38.5 Å². The summed E-state index contributed by atoms with van der Waals surface area (Å²) in [5.41, 5.74) is 0.259. The van der Waals surface area contributed by atoms with Crippen LogP contribution in [0.5, 0.6) is 0 Å². The third-order valence-corrected chi connectivity index (χ3v) is 7.47. The average Bonchev–Trinajstić information content (AvgIpc) is 2.83. The van der Waals surface area contributed by atoms with Crippen LogP contribution in [0.1, 0.15) is 61.4 Å². The number of halogens is 1. The molecule has 1 unspecified atom stereocenters. The SMILES string of the molecule is CNc1cc(C2(C)CCCN(C(=O)C3(C)CCN(C(=O)c4ccccc4F)CC3)C2)nc(C)n1. The summed E-state index contributed by atoms with van der Waals surface area (Å²) in [6.45, 7) is 8.28. The molecule has 0 radical (unpaired) electrons. The zero-order valence-corrected chi connectivity index (χ0v) is 20.5. The quantitative estimate of drug-likeness (QED) is 0.740. The Labute approximate surface area is 200 Å². The lowest BCUT2D eigenvalue weighted by Crippen LogP contribution is -2.54. The fourth-order valence-electron chi connectivity index (χ4n) is 5.23. The van der Waals surface area contributed by atoms with Crippen molar-refractivity contribution in [1.82, 2.24) is 19.8 Å². The van der Waals surface area contributed by atoms with Crippen LogP contribution < -0.4 is 5.32 Å². The maximum Gasteiger partial charge on any atom is 0.256 e. The Hall–Kier alpha value is -3.03. The van der Waals surface area contributed by atoms with Crippen LogP contribution in [0, 0.1) is 18.2 Å². The summed E-state index contributed by atoms with van der Waals surface area (Å²) in [5.74, 6) is 0.816. The minimum absolute atomic E-state index is 0.0882. The van der Waals surface area contributed by atoms with Crippen LogP contribution >= 0.6 is 0 Å². The highest BCUT2D eigenvalue weighted by molar-refractivity contribution is 5.94. The Morgan fingerprint density at radius 1 is 1.03 bits per heavy atom. The van der Waals surface area contributed by atoms with E-state index in [9.17, 15) is 14.0 Å². The van der Waals surface area contributed by atoms with Gasteiger partial charge in [0.1, 0.15) is 17.5 Å². The van der Waals surface area contributed by atoms with Gasteiger partial charge in [-0.15, -0.1) is 0 Å². The molecule has 3 heterocycles. The largest absolute Gasteiger partial charge is 0.373 e. The third kappa shape index (κ3) is 4.63. The van der Waals surface area contributed by atoms with Gasteiger partial charge >= 0.3 is 0 Å². The number of anilines is 1. The Kier molecular flexibility index (Phi) is 6.60. The lowest BCUT2D eigenvalue weighted by atomic mass is 9.75. The van der Waals surface area contributed by atoms with Crippen molar-refractivity contribution >= 4 is 17.6 Å². The van der Waals surface area contributed by atoms with E-state index in [2.05, 4.69) is 17.2 Å². The number of likely N-dealkylation sites (tertiary alicyclic amines) is 2. The molecule has 7 nitrogen and oxygen atoms in total. The Balaban J connectivity index is 1.45. The predicted octanol–water partition coefficient (Wildman–Crippen LogP) is 3.79. The number of aryl methyl sites for hydroxylation is 1. The first-order valence-corrected chi connectivity index (χ1v) is 12.0. The molecule has 2 aromatic rings. The van der Waals surface area contributed by atoms with Crippen LogP contribution in [-0.2, 0) is 10.2 Å². The van der Waals surface area contributed by atoms with E-state index < -0.39 is 11.2 Å². The van der Waals surface area contributed by atoms with Crippen molar-refractivity contribution in [2.24, 2.45) is 5.41 Å². The molecule has 0 spiro atoms. The third-order valence-electron chi connectivity index (χ3n) is 7.47. The van der Waals surface area contributed by atoms with E-state index in [-0.39, 0.29) is 22.8 Å². The second-order valence-corrected chi connectivity index (χ2v) is 10.2. The van der Waals surface area contributed by atoms with Gasteiger partial charge in [0.15, 0.2) is 0 Å². The van der Waals surface area contributed by atoms with Crippen molar-refractivity contribution in [3.05, 3.63) is 53.2 Å². The van der Waals surface area contributed by atoms with Crippen molar-refractivity contribution in [2.45, 2.75) is 51.9 Å². The van der Waals surface area contributed by atoms with Gasteiger partial charge in [-0.05, 0) is 44.7 Å². The maximum atomic E-state index is 14.1. The number of carbonyl (C=O) groups is 2. The summed E-state index contributed by atoms with van der Waals surface area (Å²) in [7, 11) is 1.84. The predicted molar refractivity (Wildman–Crippen MR) is 129 cm³/mol. The molecule has 0 aliphatic carbocycles. The van der Waals surface area contributed by atoms with Crippen molar-refractivity contribution < 1.29 is 14.0 Å². The van der Waals surface area contributed by atoms with Crippen molar-refractivity contribution in [3.8, 4) is 0 Å². The van der Waals surface area contributed by atoms with Gasteiger partial charge in [0, 0.05) is 50.1 Å². The fourth-order valence-corrected chi connectivity index (χ4v) is 5.23. The van der Waals surface area contributed by atoms with Crippen LogP contribution in [0.3, 0.4) is 0 Å². The van der Waals surface area contributed by atoms with E-state index in [1.54, 1.807) is 17.0 Å². The second kappa shape index (κ2) is 9.31. The number of piperidine rings is 2. The second-order valence-electron chi connectivity index (χ2n) is 10.2. The molecule has 34 heavy (non-hydrogen) atoms. The van der Waals surface area contributed by atoms with Crippen molar-refractivity contribution in [3.63, 3.8) is 0 Å². The molecule has 2 aliphatic heterocycles. The molecule has 2 fully saturated rings. The Morgan fingerprint density at radius 3 is 2.41 bits per heavy atom. The van der Waals surface area contributed by atoms with Gasteiger partial charge in [0.25, 0.3) is 5.91 Å². The van der Waals surface area contributed by atoms with Gasteiger partial charge in [-0.1, -0.05) is 26.0 Å². The summed E-state index contributed by atoms with van der Waals surface area (Å²) in [6.07, 6.45) is 3.00. The van der Waals surface area contributed by atoms with Gasteiger partial charge in [-0.25, -0.2) is 14.4 Å². The molecule has 2 aliphatic rings. The number of rotatable bonds is 4. The molecule has 0 bridgehead atoms. The van der Waals surface area contributed by atoms with Gasteiger partial charge in [0.05, 0.1) is 11.3 Å². The molecular weight excluding hydrogens is 433 g/mol. The van der Waals surface area contributed by atoms with E-state index >= 15 is 0 Å². The fraction of sp³-hybridized carbons (Fsp3) is 0.538. The molecule has 1 N–H and O–H groups in total. The summed E-state index contributed by atoms with van der Waals surface area (Å²) >= 11 is 0. The monoisotopic (exact) mass is 467 g/mol. The van der Waals surface area contributed by atoms with E-state index in [1.165, 1.54) is 12.1 Å². The summed E-state index contributed by atoms with van der Waals surface area (Å²) in [6, 6.07) is 8.04. The van der Waals surface area contributed by atoms with Crippen molar-refractivity contribution in [1.29, 1.82) is 0 Å². The molecule has 8 heteroatoms. The van der Waals surface area contributed by atoms with Gasteiger partial charge in [-0.3, -0.25) is 9.59 Å². The summed E-state index contributed by atoms with van der Waals surface area (Å²) < 4.78 is 14.1. The van der Waals surface area contributed by atoms with Gasteiger partial charge in [-0.2, -0.15) is 0 Å². The first kappa shape index (κ1) is 24.1. The number of benzene rings is 1. The molecule has 1 aromatic heterocycles.